The molecule has 0 aliphatic heterocycles. The summed E-state index contributed by atoms with van der Waals surface area (Å²) in [6.07, 6.45) is 0. The molecule has 0 bridgehead atoms. The lowest BCUT2D eigenvalue weighted by molar-refractivity contribution is -0.384. The minimum Gasteiger partial charge on any atom is -0.258 e. The molecule has 0 amide bonds. The van der Waals surface area contributed by atoms with Crippen molar-refractivity contribution in [3.05, 3.63) is 75.2 Å². The van der Waals surface area contributed by atoms with Crippen LogP contribution >= 0.6 is 11.3 Å². The molecule has 0 unspecified atom stereocenters. The van der Waals surface area contributed by atoms with Crippen LogP contribution in [0, 0.1) is 17.0 Å². The van der Waals surface area contributed by atoms with Crippen molar-refractivity contribution >= 4 is 27.9 Å². The van der Waals surface area contributed by atoms with E-state index in [1.807, 2.05) is 36.6 Å². The number of non-ortho nitro benzene ring substituents is 1. The summed E-state index contributed by atoms with van der Waals surface area (Å²) in [6.45, 7) is 3.84. The topological polar surface area (TPSA) is 80.4 Å². The van der Waals surface area contributed by atoms with Crippen LogP contribution in [0.4, 0.5) is 10.8 Å². The van der Waals surface area contributed by atoms with Gasteiger partial charge in [-0.2, -0.15) is 5.10 Å². The number of aromatic nitrogens is 1. The zero-order chi connectivity index (χ0) is 17.8. The van der Waals surface area contributed by atoms with Gasteiger partial charge in [0.1, 0.15) is 0 Å². The van der Waals surface area contributed by atoms with Crippen molar-refractivity contribution < 1.29 is 4.92 Å². The molecule has 1 heterocycles. The lowest BCUT2D eigenvalue weighted by Crippen LogP contribution is -2.00. The summed E-state index contributed by atoms with van der Waals surface area (Å²) in [5.41, 5.74) is 7.44. The van der Waals surface area contributed by atoms with Crippen LogP contribution in [-0.4, -0.2) is 15.6 Å². The SMILES string of the molecule is C/C(=N/Nc1nc(-c2ccc(C)cc2)cs1)c1cccc([N+](=O)[O-])c1. The third-order valence-corrected chi connectivity index (χ3v) is 4.39. The highest BCUT2D eigenvalue weighted by Gasteiger charge is 2.08. The van der Waals surface area contributed by atoms with Gasteiger partial charge in [0.05, 0.1) is 16.3 Å². The Morgan fingerprint density at radius 3 is 2.72 bits per heavy atom. The summed E-state index contributed by atoms with van der Waals surface area (Å²) < 4.78 is 0. The number of nitro benzene ring substituents is 1. The summed E-state index contributed by atoms with van der Waals surface area (Å²) in [7, 11) is 0. The predicted octanol–water partition coefficient (Wildman–Crippen LogP) is 4.86. The van der Waals surface area contributed by atoms with Crippen LogP contribution in [0.2, 0.25) is 0 Å². The molecule has 25 heavy (non-hydrogen) atoms. The Kier molecular flexibility index (Phi) is 4.85. The van der Waals surface area contributed by atoms with Crippen LogP contribution in [0.5, 0.6) is 0 Å². The summed E-state index contributed by atoms with van der Waals surface area (Å²) in [4.78, 5) is 15.0. The molecule has 0 radical (unpaired) electrons. The van der Waals surface area contributed by atoms with Crippen molar-refractivity contribution in [2.75, 3.05) is 5.43 Å². The number of thiazole rings is 1. The zero-order valence-electron chi connectivity index (χ0n) is 13.8. The third-order valence-electron chi connectivity index (χ3n) is 3.65. The van der Waals surface area contributed by atoms with Crippen LogP contribution < -0.4 is 5.43 Å². The van der Waals surface area contributed by atoms with E-state index in [0.717, 1.165) is 11.3 Å². The monoisotopic (exact) mass is 352 g/mol. The first-order valence-electron chi connectivity index (χ1n) is 7.60. The Labute approximate surface area is 149 Å². The minimum absolute atomic E-state index is 0.0444. The number of hydrogen-bond donors (Lipinski definition) is 1. The molecule has 6 nitrogen and oxygen atoms in total. The number of nitro groups is 1. The van der Waals surface area contributed by atoms with Crippen LogP contribution in [0.3, 0.4) is 0 Å². The van der Waals surface area contributed by atoms with E-state index < -0.39 is 4.92 Å². The first kappa shape index (κ1) is 16.8. The minimum atomic E-state index is -0.418. The van der Waals surface area contributed by atoms with Gasteiger partial charge in [-0.05, 0) is 13.8 Å². The van der Waals surface area contributed by atoms with E-state index in [0.29, 0.717) is 16.4 Å². The second-order valence-corrected chi connectivity index (χ2v) is 6.38. The molecular formula is C18H16N4O2S. The molecule has 0 fully saturated rings. The molecule has 0 aliphatic rings. The molecular weight excluding hydrogens is 336 g/mol. The molecule has 0 aliphatic carbocycles. The maximum absolute atomic E-state index is 10.9. The van der Waals surface area contributed by atoms with Crippen molar-refractivity contribution in [3.63, 3.8) is 0 Å². The van der Waals surface area contributed by atoms with E-state index in [4.69, 9.17) is 0 Å². The molecule has 7 heteroatoms. The second kappa shape index (κ2) is 7.23. The Morgan fingerprint density at radius 2 is 2.00 bits per heavy atom. The molecule has 0 spiro atoms. The van der Waals surface area contributed by atoms with Crippen molar-refractivity contribution in [2.45, 2.75) is 13.8 Å². The number of rotatable bonds is 5. The van der Waals surface area contributed by atoms with Gasteiger partial charge in [0.2, 0.25) is 5.13 Å². The largest absolute Gasteiger partial charge is 0.270 e. The number of hydrogen-bond acceptors (Lipinski definition) is 6. The Balaban J connectivity index is 1.74. The van der Waals surface area contributed by atoms with E-state index in [-0.39, 0.29) is 5.69 Å². The van der Waals surface area contributed by atoms with Gasteiger partial charge < -0.3 is 0 Å². The van der Waals surface area contributed by atoms with Gasteiger partial charge in [-0.15, -0.1) is 11.3 Å². The van der Waals surface area contributed by atoms with Crippen molar-refractivity contribution in [2.24, 2.45) is 5.10 Å². The molecule has 0 atom stereocenters. The molecule has 2 aromatic carbocycles. The molecule has 126 valence electrons. The van der Waals surface area contributed by atoms with E-state index in [9.17, 15) is 10.1 Å². The first-order chi connectivity index (χ1) is 12.0. The molecule has 0 saturated carbocycles. The number of hydrazone groups is 1. The maximum atomic E-state index is 10.9. The molecule has 3 rings (SSSR count). The van der Waals surface area contributed by atoms with Crippen LogP contribution in [0.1, 0.15) is 18.1 Å². The van der Waals surface area contributed by atoms with Gasteiger partial charge >= 0.3 is 0 Å². The normalized spacial score (nSPS) is 11.4. The lowest BCUT2D eigenvalue weighted by atomic mass is 10.1. The van der Waals surface area contributed by atoms with Crippen molar-refractivity contribution in [1.82, 2.24) is 4.98 Å². The number of anilines is 1. The Morgan fingerprint density at radius 1 is 1.24 bits per heavy atom. The number of aryl methyl sites for hydroxylation is 1. The third kappa shape index (κ3) is 4.07. The highest BCUT2D eigenvalue weighted by Crippen LogP contribution is 2.25. The van der Waals surface area contributed by atoms with Crippen LogP contribution in [-0.2, 0) is 0 Å². The standard InChI is InChI=1S/C18H16N4O2S/c1-12-6-8-14(9-7-12)17-11-25-18(19-17)21-20-13(2)15-4-3-5-16(10-15)22(23)24/h3-11H,1-2H3,(H,19,21)/b20-13-. The number of nitrogens with zero attached hydrogens (tertiary/aromatic N) is 3. The number of benzene rings is 2. The van der Waals surface area contributed by atoms with Gasteiger partial charge in [-0.1, -0.05) is 42.0 Å². The van der Waals surface area contributed by atoms with Gasteiger partial charge in [0.25, 0.3) is 5.69 Å². The fraction of sp³-hybridized carbons (Fsp3) is 0.111. The first-order valence-corrected chi connectivity index (χ1v) is 8.48. The molecule has 3 aromatic rings. The number of nitrogens with one attached hydrogen (secondary N) is 1. The smallest absolute Gasteiger partial charge is 0.258 e. The Hall–Kier alpha value is -3.06. The quantitative estimate of drug-likeness (QED) is 0.404. The summed E-state index contributed by atoms with van der Waals surface area (Å²) >= 11 is 1.46. The fourth-order valence-electron chi connectivity index (χ4n) is 2.22. The Bertz CT molecular complexity index is 932. The fourth-order valence-corrected chi connectivity index (χ4v) is 2.88. The maximum Gasteiger partial charge on any atom is 0.270 e. The van der Waals surface area contributed by atoms with Crippen molar-refractivity contribution in [3.8, 4) is 11.3 Å². The molecule has 1 N–H and O–H groups in total. The van der Waals surface area contributed by atoms with Gasteiger partial charge in [0.15, 0.2) is 0 Å². The summed E-state index contributed by atoms with van der Waals surface area (Å²) in [6, 6.07) is 14.5. The van der Waals surface area contributed by atoms with E-state index in [1.165, 1.54) is 29.0 Å². The highest BCUT2D eigenvalue weighted by molar-refractivity contribution is 7.14. The zero-order valence-corrected chi connectivity index (χ0v) is 14.6. The highest BCUT2D eigenvalue weighted by atomic mass is 32.1. The summed E-state index contributed by atoms with van der Waals surface area (Å²) in [5, 5.41) is 17.8. The van der Waals surface area contributed by atoms with Crippen LogP contribution in [0.15, 0.2) is 59.0 Å². The van der Waals surface area contributed by atoms with E-state index in [1.54, 1.807) is 19.1 Å². The molecule has 1 aromatic heterocycles. The molecule has 0 saturated heterocycles. The van der Waals surface area contributed by atoms with Gasteiger partial charge in [-0.3, -0.25) is 15.5 Å². The second-order valence-electron chi connectivity index (χ2n) is 5.52. The van der Waals surface area contributed by atoms with E-state index >= 15 is 0 Å². The van der Waals surface area contributed by atoms with Gasteiger partial charge in [-0.25, -0.2) is 4.98 Å². The average Bonchev–Trinajstić information content (AvgIpc) is 3.09. The van der Waals surface area contributed by atoms with Crippen molar-refractivity contribution in [1.29, 1.82) is 0 Å². The van der Waals surface area contributed by atoms with Crippen LogP contribution in [0.25, 0.3) is 11.3 Å². The average molecular weight is 352 g/mol. The van der Waals surface area contributed by atoms with E-state index in [2.05, 4.69) is 15.5 Å². The summed E-state index contributed by atoms with van der Waals surface area (Å²) in [5.74, 6) is 0. The van der Waals surface area contributed by atoms with Gasteiger partial charge in [0, 0.05) is 28.6 Å². The predicted molar refractivity (Wildman–Crippen MR) is 101 cm³/mol. The lowest BCUT2D eigenvalue weighted by Gasteiger charge is -2.01.